The first-order valence-electron chi connectivity index (χ1n) is 14.0. The van der Waals surface area contributed by atoms with Gasteiger partial charge in [0.25, 0.3) is 0 Å². The lowest BCUT2D eigenvalue weighted by atomic mass is 9.89. The number of rotatable bonds is 5. The average molecular weight is 531 g/mol. The molecule has 2 nitrogen and oxygen atoms in total. The molecule has 6 aromatic rings. The van der Waals surface area contributed by atoms with Crippen molar-refractivity contribution >= 4 is 51.4 Å². The molecule has 7 rings (SSSR count). The molecular formula is C37H30N2Si. The molecule has 1 aliphatic rings. The van der Waals surface area contributed by atoms with E-state index in [1.165, 1.54) is 54.6 Å². The molecule has 1 aliphatic heterocycles. The van der Waals surface area contributed by atoms with Crippen LogP contribution in [0, 0.1) is 0 Å². The largest absolute Gasteiger partial charge is 0.256 e. The first-order valence-corrected chi connectivity index (χ1v) is 16.7. The maximum atomic E-state index is 4.95. The molecule has 3 heteroatoms. The van der Waals surface area contributed by atoms with Crippen molar-refractivity contribution in [2.24, 2.45) is 0 Å². The highest BCUT2D eigenvalue weighted by Gasteiger charge is 2.46. The smallest absolute Gasteiger partial charge is 0.118 e. The van der Waals surface area contributed by atoms with Gasteiger partial charge in [-0.3, -0.25) is 9.97 Å². The van der Waals surface area contributed by atoms with E-state index in [1.807, 2.05) is 0 Å². The molecule has 4 aromatic carbocycles. The third-order valence-electron chi connectivity index (χ3n) is 8.44. The lowest BCUT2D eigenvalue weighted by Gasteiger charge is -2.29. The van der Waals surface area contributed by atoms with Crippen molar-refractivity contribution < 1.29 is 0 Å². The minimum absolute atomic E-state index is 1.03. The maximum absolute atomic E-state index is 4.95. The van der Waals surface area contributed by atoms with E-state index in [4.69, 9.17) is 9.97 Å². The molecule has 40 heavy (non-hydrogen) atoms. The number of hydrogen-bond acceptors (Lipinski definition) is 2. The molecule has 0 saturated carbocycles. The number of hydrogen-bond donors (Lipinski definition) is 0. The molecule has 0 unspecified atom stereocenters. The van der Waals surface area contributed by atoms with E-state index in [0.717, 1.165) is 17.1 Å². The van der Waals surface area contributed by atoms with Gasteiger partial charge in [0.2, 0.25) is 0 Å². The molecule has 0 spiro atoms. The van der Waals surface area contributed by atoms with Gasteiger partial charge in [0.05, 0.1) is 11.0 Å². The molecule has 0 atom stereocenters. The van der Waals surface area contributed by atoms with Crippen LogP contribution < -0.4 is 0 Å². The molecule has 0 radical (unpaired) electrons. The highest BCUT2D eigenvalue weighted by atomic mass is 28.3. The number of para-hydroxylation sites is 2. The number of benzene rings is 4. The van der Waals surface area contributed by atoms with Gasteiger partial charge in [0.15, 0.2) is 0 Å². The quantitative estimate of drug-likeness (QED) is 0.207. The number of fused-ring (bicyclic) bond motifs is 2. The van der Waals surface area contributed by atoms with Crippen LogP contribution in [0.4, 0.5) is 0 Å². The van der Waals surface area contributed by atoms with Crippen molar-refractivity contribution in [2.45, 2.75) is 19.5 Å². The first kappa shape index (κ1) is 24.4. The van der Waals surface area contributed by atoms with E-state index in [-0.39, 0.29) is 0 Å². The van der Waals surface area contributed by atoms with E-state index in [1.54, 1.807) is 0 Å². The van der Waals surface area contributed by atoms with E-state index in [0.29, 0.717) is 0 Å². The predicted octanol–water partition coefficient (Wildman–Crippen LogP) is 9.50. The van der Waals surface area contributed by atoms with E-state index >= 15 is 0 Å². The number of aromatic nitrogens is 2. The summed E-state index contributed by atoms with van der Waals surface area (Å²) in [5.74, 6) is 0. The van der Waals surface area contributed by atoms with Gasteiger partial charge in [-0.2, -0.15) is 0 Å². The van der Waals surface area contributed by atoms with Crippen LogP contribution in [0.15, 0.2) is 134 Å². The van der Waals surface area contributed by atoms with Gasteiger partial charge in [-0.1, -0.05) is 117 Å². The summed E-state index contributed by atoms with van der Waals surface area (Å²) in [6.07, 6.45) is 4.21. The fraction of sp³-hybridized carbons (Fsp3) is 0.0811. The van der Waals surface area contributed by atoms with Crippen LogP contribution in [0.5, 0.6) is 0 Å². The second-order valence-electron chi connectivity index (χ2n) is 10.8. The van der Waals surface area contributed by atoms with Gasteiger partial charge in [0, 0.05) is 23.2 Å². The molecular weight excluding hydrogens is 501 g/mol. The Labute approximate surface area is 236 Å². The van der Waals surface area contributed by atoms with Gasteiger partial charge < -0.3 is 0 Å². The topological polar surface area (TPSA) is 25.8 Å². The third kappa shape index (κ3) is 3.93. The third-order valence-corrected chi connectivity index (χ3v) is 13.1. The van der Waals surface area contributed by atoms with Gasteiger partial charge in [-0.25, -0.2) is 0 Å². The van der Waals surface area contributed by atoms with Crippen LogP contribution in [-0.2, 0) is 0 Å². The zero-order chi connectivity index (χ0) is 27.1. The second kappa shape index (κ2) is 9.85. The van der Waals surface area contributed by atoms with Crippen LogP contribution >= 0.6 is 0 Å². The fourth-order valence-corrected chi connectivity index (χ4v) is 10.6. The Hall–Kier alpha value is -4.60. The standard InChI is InChI=1S/C37H30N2Si/c1-3-40(2)36(30-22-28-18-10-12-20-32(28)38-24-30)34(26-14-6-4-7-15-26)35(27-16-8-5-9-17-27)37(40)31-23-29-19-11-13-21-33(29)39-25-31/h4-25H,3H2,1-2H3. The van der Waals surface area contributed by atoms with Gasteiger partial charge in [-0.15, -0.1) is 0 Å². The zero-order valence-electron chi connectivity index (χ0n) is 22.8. The normalized spacial score (nSPS) is 14.8. The van der Waals surface area contributed by atoms with Crippen LogP contribution in [0.25, 0.3) is 43.3 Å². The predicted molar refractivity (Wildman–Crippen MR) is 172 cm³/mol. The van der Waals surface area contributed by atoms with Gasteiger partial charge in [0.1, 0.15) is 8.07 Å². The molecule has 0 aliphatic carbocycles. The lowest BCUT2D eigenvalue weighted by molar-refractivity contribution is 1.36. The summed E-state index contributed by atoms with van der Waals surface area (Å²) in [6.45, 7) is 4.91. The highest BCUT2D eigenvalue weighted by Crippen LogP contribution is 2.57. The molecule has 0 fully saturated rings. The van der Waals surface area contributed by atoms with Crippen LogP contribution in [0.2, 0.25) is 12.6 Å². The summed E-state index contributed by atoms with van der Waals surface area (Å²) in [6, 6.07) is 44.5. The SMILES string of the molecule is CC[Si]1(C)C(c2cnc3ccccc3c2)=C(c2ccccc2)C(c2ccccc2)=C1c1cnc2ccccc2c1. The first-order chi connectivity index (χ1) is 19.7. The van der Waals surface area contributed by atoms with Crippen molar-refractivity contribution in [1.29, 1.82) is 0 Å². The monoisotopic (exact) mass is 530 g/mol. The van der Waals surface area contributed by atoms with Crippen molar-refractivity contribution in [3.63, 3.8) is 0 Å². The highest BCUT2D eigenvalue weighted by molar-refractivity contribution is 7.13. The summed E-state index contributed by atoms with van der Waals surface area (Å²) >= 11 is 0. The van der Waals surface area contributed by atoms with E-state index in [2.05, 4.69) is 147 Å². The molecule has 0 amide bonds. The number of allylic oxidation sites excluding steroid dienone is 2. The summed E-state index contributed by atoms with van der Waals surface area (Å²) in [7, 11) is -2.29. The molecule has 3 heterocycles. The van der Waals surface area contributed by atoms with Crippen LogP contribution in [0.1, 0.15) is 29.2 Å². The van der Waals surface area contributed by atoms with Crippen molar-refractivity contribution in [3.05, 3.63) is 156 Å². The van der Waals surface area contributed by atoms with E-state index in [9.17, 15) is 0 Å². The minimum Gasteiger partial charge on any atom is -0.256 e. The second-order valence-corrected chi connectivity index (χ2v) is 15.1. The van der Waals surface area contributed by atoms with Gasteiger partial charge >= 0.3 is 0 Å². The molecule has 0 N–H and O–H groups in total. The van der Waals surface area contributed by atoms with Crippen molar-refractivity contribution in [3.8, 4) is 0 Å². The average Bonchev–Trinajstić information content (AvgIpc) is 3.31. The van der Waals surface area contributed by atoms with Crippen LogP contribution in [0.3, 0.4) is 0 Å². The Morgan fingerprint density at radius 1 is 0.500 bits per heavy atom. The number of nitrogens with zero attached hydrogens (tertiary/aromatic N) is 2. The van der Waals surface area contributed by atoms with Gasteiger partial charge in [-0.05, 0) is 68.1 Å². The van der Waals surface area contributed by atoms with Crippen LogP contribution in [-0.4, -0.2) is 18.0 Å². The van der Waals surface area contributed by atoms with Crippen molar-refractivity contribution in [2.75, 3.05) is 0 Å². The summed E-state index contributed by atoms with van der Waals surface area (Å²) < 4.78 is 0. The molecule has 0 saturated heterocycles. The Morgan fingerprint density at radius 3 is 1.32 bits per heavy atom. The molecule has 192 valence electrons. The maximum Gasteiger partial charge on any atom is 0.118 e. The summed E-state index contributed by atoms with van der Waals surface area (Å²) in [5, 5.41) is 5.27. The van der Waals surface area contributed by atoms with E-state index < -0.39 is 8.07 Å². The minimum atomic E-state index is -2.29. The lowest BCUT2D eigenvalue weighted by Crippen LogP contribution is -2.32. The Balaban J connectivity index is 1.61. The Morgan fingerprint density at radius 2 is 0.900 bits per heavy atom. The zero-order valence-corrected chi connectivity index (χ0v) is 23.8. The summed E-state index contributed by atoms with van der Waals surface area (Å²) in [4.78, 5) is 9.89. The number of pyridine rings is 2. The van der Waals surface area contributed by atoms with Crippen molar-refractivity contribution in [1.82, 2.24) is 9.97 Å². The molecule has 2 aromatic heterocycles. The fourth-order valence-electron chi connectivity index (χ4n) is 6.41. The molecule has 0 bridgehead atoms. The Kier molecular flexibility index (Phi) is 6.02. The summed E-state index contributed by atoms with van der Waals surface area (Å²) in [5.41, 5.74) is 9.69. The Bertz CT molecular complexity index is 1800.